The number of hydrogen-bond donors (Lipinski definition) is 1. The average molecular weight is 305 g/mol. The molecule has 8 heteroatoms. The molecule has 0 aliphatic heterocycles. The quantitative estimate of drug-likeness (QED) is 0.621. The van der Waals surface area contributed by atoms with Crippen molar-refractivity contribution in [2.24, 2.45) is 5.84 Å². The van der Waals surface area contributed by atoms with Crippen LogP contribution < -0.4 is 26.0 Å². The zero-order valence-corrected chi connectivity index (χ0v) is 12.8. The smallest absolute Gasteiger partial charge is 0.356 e. The molecule has 0 bridgehead atoms. The summed E-state index contributed by atoms with van der Waals surface area (Å²) in [6, 6.07) is 5.20. The number of hydrogen-bond acceptors (Lipinski definition) is 7. The minimum Gasteiger partial charge on any atom is -0.490 e. The summed E-state index contributed by atoms with van der Waals surface area (Å²) in [5, 5.41) is 1.18. The van der Waals surface area contributed by atoms with Gasteiger partial charge >= 0.3 is 5.69 Å². The first-order chi connectivity index (χ1) is 10.6. The Morgan fingerprint density at radius 3 is 2.50 bits per heavy atom. The molecule has 1 aromatic heterocycles. The van der Waals surface area contributed by atoms with E-state index < -0.39 is 5.69 Å². The summed E-state index contributed by atoms with van der Waals surface area (Å²) in [6.07, 6.45) is 1.37. The summed E-state index contributed by atoms with van der Waals surface area (Å²) in [4.78, 5) is 19.9. The van der Waals surface area contributed by atoms with Gasteiger partial charge in [-0.1, -0.05) is 0 Å². The Morgan fingerprint density at radius 1 is 1.23 bits per heavy atom. The fraction of sp³-hybridized carbons (Fsp3) is 0.357. The molecule has 0 saturated carbocycles. The average Bonchev–Trinajstić information content (AvgIpc) is 2.49. The summed E-state index contributed by atoms with van der Waals surface area (Å²) < 4.78 is 12.3. The number of hydrazine groups is 1. The molecular weight excluding hydrogens is 286 g/mol. The maximum atomic E-state index is 12.1. The van der Waals surface area contributed by atoms with Crippen molar-refractivity contribution in [3.63, 3.8) is 0 Å². The van der Waals surface area contributed by atoms with Gasteiger partial charge in [0.15, 0.2) is 11.5 Å². The van der Waals surface area contributed by atoms with Crippen LogP contribution in [0.1, 0.15) is 13.8 Å². The van der Waals surface area contributed by atoms with E-state index in [9.17, 15) is 4.79 Å². The van der Waals surface area contributed by atoms with Crippen LogP contribution in [0.5, 0.6) is 11.5 Å². The van der Waals surface area contributed by atoms with Gasteiger partial charge in [0.25, 0.3) is 0 Å². The fourth-order valence-corrected chi connectivity index (χ4v) is 1.86. The van der Waals surface area contributed by atoms with Crippen molar-refractivity contribution >= 4 is 5.95 Å². The van der Waals surface area contributed by atoms with E-state index in [-0.39, 0.29) is 5.95 Å². The number of ether oxygens (including phenoxy) is 2. The topological polar surface area (TPSA) is 95.5 Å². The van der Waals surface area contributed by atoms with E-state index in [1.54, 1.807) is 25.2 Å². The van der Waals surface area contributed by atoms with E-state index in [4.69, 9.17) is 15.3 Å². The third-order valence-corrected chi connectivity index (χ3v) is 2.81. The number of nitrogens with zero attached hydrogens (tertiary/aromatic N) is 4. The molecule has 2 N–H and O–H groups in total. The van der Waals surface area contributed by atoms with Gasteiger partial charge in [-0.2, -0.15) is 4.98 Å². The first kappa shape index (κ1) is 15.8. The molecule has 0 aliphatic carbocycles. The van der Waals surface area contributed by atoms with Gasteiger partial charge in [0.2, 0.25) is 5.95 Å². The molecule has 2 aromatic rings. The van der Waals surface area contributed by atoms with Gasteiger partial charge in [0.05, 0.1) is 18.9 Å². The molecule has 0 spiro atoms. The van der Waals surface area contributed by atoms with Crippen molar-refractivity contribution in [2.75, 3.05) is 25.3 Å². The second kappa shape index (κ2) is 6.90. The predicted molar refractivity (Wildman–Crippen MR) is 82.6 cm³/mol. The van der Waals surface area contributed by atoms with Crippen molar-refractivity contribution in [1.82, 2.24) is 14.5 Å². The Hall–Kier alpha value is -2.61. The van der Waals surface area contributed by atoms with Crippen LogP contribution in [0.2, 0.25) is 0 Å². The number of rotatable bonds is 6. The monoisotopic (exact) mass is 305 g/mol. The highest BCUT2D eigenvalue weighted by molar-refractivity contribution is 5.48. The Balaban J connectivity index is 2.44. The van der Waals surface area contributed by atoms with E-state index in [0.717, 1.165) is 0 Å². The lowest BCUT2D eigenvalue weighted by Crippen LogP contribution is -2.32. The Bertz CT molecular complexity index is 699. The standard InChI is InChI=1S/C14H19N5O3/c1-4-21-11-7-6-10(8-12(11)22-5-2)19-9-16-13(18(3)15)17-14(19)20/h6-9H,4-5,15H2,1-3H3. The number of benzene rings is 1. The van der Waals surface area contributed by atoms with Crippen LogP contribution in [0.3, 0.4) is 0 Å². The van der Waals surface area contributed by atoms with Crippen molar-refractivity contribution in [1.29, 1.82) is 0 Å². The lowest BCUT2D eigenvalue weighted by Gasteiger charge is -2.14. The van der Waals surface area contributed by atoms with Gasteiger partial charge in [0, 0.05) is 13.1 Å². The maximum absolute atomic E-state index is 12.1. The summed E-state index contributed by atoms with van der Waals surface area (Å²) in [5.74, 6) is 6.85. The number of nitrogens with two attached hydrogens (primary N) is 1. The molecule has 22 heavy (non-hydrogen) atoms. The molecule has 0 amide bonds. The second-order valence-electron chi connectivity index (χ2n) is 4.42. The molecule has 0 aliphatic rings. The normalized spacial score (nSPS) is 10.4. The summed E-state index contributed by atoms with van der Waals surface area (Å²) in [7, 11) is 1.56. The highest BCUT2D eigenvalue weighted by Crippen LogP contribution is 2.29. The molecule has 8 nitrogen and oxygen atoms in total. The minimum atomic E-state index is -0.478. The van der Waals surface area contributed by atoms with E-state index >= 15 is 0 Å². The van der Waals surface area contributed by atoms with Gasteiger partial charge in [-0.15, -0.1) is 0 Å². The molecule has 0 saturated heterocycles. The Morgan fingerprint density at radius 2 is 1.91 bits per heavy atom. The second-order valence-corrected chi connectivity index (χ2v) is 4.42. The zero-order chi connectivity index (χ0) is 16.1. The number of aromatic nitrogens is 3. The lowest BCUT2D eigenvalue weighted by atomic mass is 10.2. The lowest BCUT2D eigenvalue weighted by molar-refractivity contribution is 0.287. The van der Waals surface area contributed by atoms with Crippen LogP contribution in [-0.2, 0) is 0 Å². The van der Waals surface area contributed by atoms with Crippen molar-refractivity contribution in [3.8, 4) is 17.2 Å². The molecule has 1 heterocycles. The molecular formula is C14H19N5O3. The summed E-state index contributed by atoms with van der Waals surface area (Å²) in [5.41, 5.74) is 0.108. The van der Waals surface area contributed by atoms with E-state index in [1.165, 1.54) is 15.9 Å². The molecule has 0 unspecified atom stereocenters. The van der Waals surface area contributed by atoms with Crippen LogP contribution in [0.15, 0.2) is 29.3 Å². The van der Waals surface area contributed by atoms with Gasteiger partial charge in [0.1, 0.15) is 6.33 Å². The van der Waals surface area contributed by atoms with E-state index in [0.29, 0.717) is 30.4 Å². The molecule has 0 fully saturated rings. The molecule has 1 aromatic carbocycles. The fourth-order valence-electron chi connectivity index (χ4n) is 1.86. The van der Waals surface area contributed by atoms with Gasteiger partial charge in [-0.05, 0) is 26.0 Å². The van der Waals surface area contributed by atoms with Gasteiger partial charge in [-0.3, -0.25) is 9.58 Å². The van der Waals surface area contributed by atoms with Crippen molar-refractivity contribution < 1.29 is 9.47 Å². The molecule has 0 radical (unpaired) electrons. The van der Waals surface area contributed by atoms with Crippen LogP contribution in [0.25, 0.3) is 5.69 Å². The van der Waals surface area contributed by atoms with E-state index in [1.807, 2.05) is 13.8 Å². The summed E-state index contributed by atoms with van der Waals surface area (Å²) >= 11 is 0. The number of anilines is 1. The van der Waals surface area contributed by atoms with Crippen molar-refractivity contribution in [3.05, 3.63) is 35.0 Å². The summed E-state index contributed by atoms with van der Waals surface area (Å²) in [6.45, 7) is 4.79. The van der Waals surface area contributed by atoms with Crippen LogP contribution in [0, 0.1) is 0 Å². The van der Waals surface area contributed by atoms with Crippen LogP contribution in [0.4, 0.5) is 5.95 Å². The molecule has 2 rings (SSSR count). The first-order valence-corrected chi connectivity index (χ1v) is 6.91. The highest BCUT2D eigenvalue weighted by atomic mass is 16.5. The largest absolute Gasteiger partial charge is 0.490 e. The van der Waals surface area contributed by atoms with Crippen molar-refractivity contribution in [2.45, 2.75) is 13.8 Å². The third kappa shape index (κ3) is 3.34. The Kier molecular flexibility index (Phi) is 4.95. The zero-order valence-electron chi connectivity index (χ0n) is 12.8. The Labute approximate surface area is 128 Å². The van der Waals surface area contributed by atoms with Crippen LogP contribution in [-0.4, -0.2) is 34.8 Å². The highest BCUT2D eigenvalue weighted by Gasteiger charge is 2.10. The van der Waals surface area contributed by atoms with Gasteiger partial charge in [-0.25, -0.2) is 15.6 Å². The first-order valence-electron chi connectivity index (χ1n) is 6.91. The molecule has 0 atom stereocenters. The van der Waals surface area contributed by atoms with Gasteiger partial charge < -0.3 is 9.47 Å². The predicted octanol–water partition coefficient (Wildman–Crippen LogP) is 0.735. The van der Waals surface area contributed by atoms with Crippen LogP contribution >= 0.6 is 0 Å². The van der Waals surface area contributed by atoms with E-state index in [2.05, 4.69) is 9.97 Å². The third-order valence-electron chi connectivity index (χ3n) is 2.81. The maximum Gasteiger partial charge on any atom is 0.356 e. The SMILES string of the molecule is CCOc1ccc(-n2cnc(N(C)N)nc2=O)cc1OCC. The minimum absolute atomic E-state index is 0.150. The molecule has 118 valence electrons.